The Bertz CT molecular complexity index is 475. The molecule has 0 bridgehead atoms. The maximum absolute atomic E-state index is 11.7. The SMILES string of the molecule is CCOc1ccc(OCNC(=O)NCCCN2CCOCC2)cc1. The Morgan fingerprint density at radius 2 is 1.79 bits per heavy atom. The van der Waals surface area contributed by atoms with Gasteiger partial charge in [-0.05, 0) is 44.2 Å². The van der Waals surface area contributed by atoms with E-state index in [0.717, 1.165) is 45.0 Å². The van der Waals surface area contributed by atoms with Crippen LogP contribution in [0.1, 0.15) is 13.3 Å². The van der Waals surface area contributed by atoms with Crippen LogP contribution in [0.15, 0.2) is 24.3 Å². The minimum absolute atomic E-state index is 0.128. The zero-order valence-corrected chi connectivity index (χ0v) is 14.3. The average molecular weight is 337 g/mol. The normalized spacial score (nSPS) is 14.9. The van der Waals surface area contributed by atoms with Crippen molar-refractivity contribution in [1.82, 2.24) is 15.5 Å². The van der Waals surface area contributed by atoms with E-state index in [1.54, 1.807) is 0 Å². The molecule has 1 aromatic rings. The fourth-order valence-electron chi connectivity index (χ4n) is 2.38. The number of hydrogen-bond acceptors (Lipinski definition) is 5. The molecule has 7 nitrogen and oxygen atoms in total. The summed E-state index contributed by atoms with van der Waals surface area (Å²) in [5.74, 6) is 1.49. The van der Waals surface area contributed by atoms with Crippen LogP contribution in [0, 0.1) is 0 Å². The minimum atomic E-state index is -0.220. The summed E-state index contributed by atoms with van der Waals surface area (Å²) in [6, 6.07) is 7.08. The molecule has 2 rings (SSSR count). The maximum atomic E-state index is 11.7. The van der Waals surface area contributed by atoms with Crippen LogP contribution in [0.2, 0.25) is 0 Å². The van der Waals surface area contributed by atoms with Crippen LogP contribution < -0.4 is 20.1 Å². The van der Waals surface area contributed by atoms with E-state index in [1.165, 1.54) is 0 Å². The lowest BCUT2D eigenvalue weighted by Crippen LogP contribution is -2.40. The summed E-state index contributed by atoms with van der Waals surface area (Å²) < 4.78 is 16.1. The molecule has 0 unspecified atom stereocenters. The first-order valence-electron chi connectivity index (χ1n) is 8.45. The van der Waals surface area contributed by atoms with Crippen molar-refractivity contribution < 1.29 is 19.0 Å². The zero-order chi connectivity index (χ0) is 17.0. The fourth-order valence-corrected chi connectivity index (χ4v) is 2.38. The number of morpholine rings is 1. The van der Waals surface area contributed by atoms with Crippen molar-refractivity contribution in [2.75, 3.05) is 52.7 Å². The molecule has 1 heterocycles. The molecule has 0 spiro atoms. The van der Waals surface area contributed by atoms with E-state index >= 15 is 0 Å². The number of amides is 2. The van der Waals surface area contributed by atoms with Gasteiger partial charge in [-0.2, -0.15) is 0 Å². The first-order valence-corrected chi connectivity index (χ1v) is 8.45. The van der Waals surface area contributed by atoms with Crippen LogP contribution in [-0.4, -0.2) is 63.7 Å². The van der Waals surface area contributed by atoms with Gasteiger partial charge in [0.25, 0.3) is 0 Å². The number of urea groups is 1. The molecule has 0 saturated carbocycles. The van der Waals surface area contributed by atoms with Crippen molar-refractivity contribution in [1.29, 1.82) is 0 Å². The third kappa shape index (κ3) is 7.06. The van der Waals surface area contributed by atoms with E-state index in [2.05, 4.69) is 15.5 Å². The highest BCUT2D eigenvalue weighted by atomic mass is 16.5. The van der Waals surface area contributed by atoms with Gasteiger partial charge in [0.2, 0.25) is 0 Å². The number of carbonyl (C=O) groups is 1. The third-order valence-corrected chi connectivity index (χ3v) is 3.65. The smallest absolute Gasteiger partial charge is 0.317 e. The average Bonchev–Trinajstić information content (AvgIpc) is 2.61. The van der Waals surface area contributed by atoms with Gasteiger partial charge in [-0.15, -0.1) is 0 Å². The predicted molar refractivity (Wildman–Crippen MR) is 91.5 cm³/mol. The summed E-state index contributed by atoms with van der Waals surface area (Å²) in [5, 5.41) is 5.50. The largest absolute Gasteiger partial charge is 0.494 e. The predicted octanol–water partition coefficient (Wildman–Crippen LogP) is 1.44. The van der Waals surface area contributed by atoms with Crippen molar-refractivity contribution in [3.05, 3.63) is 24.3 Å². The molecule has 0 radical (unpaired) electrons. The van der Waals surface area contributed by atoms with Crippen LogP contribution in [0.5, 0.6) is 11.5 Å². The molecule has 7 heteroatoms. The molecule has 1 aliphatic rings. The van der Waals surface area contributed by atoms with Crippen molar-refractivity contribution in [2.45, 2.75) is 13.3 Å². The molecule has 2 amide bonds. The van der Waals surface area contributed by atoms with Gasteiger partial charge in [0.05, 0.1) is 19.8 Å². The standard InChI is InChI=1S/C17H27N3O4/c1-2-23-15-4-6-16(7-5-15)24-14-19-17(21)18-8-3-9-20-10-12-22-13-11-20/h4-7H,2-3,8-14H2,1H3,(H2,18,19,21). The number of nitrogens with one attached hydrogen (secondary N) is 2. The lowest BCUT2D eigenvalue weighted by atomic mass is 10.3. The number of benzene rings is 1. The summed E-state index contributed by atoms with van der Waals surface area (Å²) in [7, 11) is 0. The Morgan fingerprint density at radius 3 is 2.46 bits per heavy atom. The van der Waals surface area contributed by atoms with Gasteiger partial charge in [0, 0.05) is 19.6 Å². The maximum Gasteiger partial charge on any atom is 0.317 e. The van der Waals surface area contributed by atoms with E-state index in [1.807, 2.05) is 31.2 Å². The van der Waals surface area contributed by atoms with Crippen LogP contribution in [0.3, 0.4) is 0 Å². The Hall–Kier alpha value is -1.99. The van der Waals surface area contributed by atoms with Gasteiger partial charge in [-0.1, -0.05) is 0 Å². The second-order valence-electron chi connectivity index (χ2n) is 5.43. The molecule has 1 saturated heterocycles. The van der Waals surface area contributed by atoms with Crippen LogP contribution in [-0.2, 0) is 4.74 Å². The van der Waals surface area contributed by atoms with E-state index in [0.29, 0.717) is 18.9 Å². The lowest BCUT2D eigenvalue weighted by Gasteiger charge is -2.26. The monoisotopic (exact) mass is 337 g/mol. The molecule has 0 aliphatic carbocycles. The van der Waals surface area contributed by atoms with E-state index in [-0.39, 0.29) is 12.8 Å². The van der Waals surface area contributed by atoms with Gasteiger partial charge in [-0.3, -0.25) is 4.90 Å². The minimum Gasteiger partial charge on any atom is -0.494 e. The number of carbonyl (C=O) groups excluding carboxylic acids is 1. The number of rotatable bonds is 9. The Balaban J connectivity index is 1.51. The van der Waals surface area contributed by atoms with Gasteiger partial charge in [0.15, 0.2) is 6.73 Å². The fraction of sp³-hybridized carbons (Fsp3) is 0.588. The van der Waals surface area contributed by atoms with Crippen molar-refractivity contribution in [3.8, 4) is 11.5 Å². The molecule has 1 fully saturated rings. The van der Waals surface area contributed by atoms with Gasteiger partial charge < -0.3 is 24.8 Å². The van der Waals surface area contributed by atoms with E-state index in [9.17, 15) is 4.79 Å². The molecular weight excluding hydrogens is 310 g/mol. The highest BCUT2D eigenvalue weighted by Gasteiger charge is 2.09. The topological polar surface area (TPSA) is 72.1 Å². The van der Waals surface area contributed by atoms with Crippen LogP contribution in [0.25, 0.3) is 0 Å². The summed E-state index contributed by atoms with van der Waals surface area (Å²) in [6.07, 6.45) is 0.924. The highest BCUT2D eigenvalue weighted by Crippen LogP contribution is 2.17. The first-order chi connectivity index (χ1) is 11.8. The molecule has 0 atom stereocenters. The Labute approximate surface area is 143 Å². The van der Waals surface area contributed by atoms with Crippen LogP contribution in [0.4, 0.5) is 4.79 Å². The summed E-state index contributed by atoms with van der Waals surface area (Å²) >= 11 is 0. The van der Waals surface area contributed by atoms with Crippen molar-refractivity contribution >= 4 is 6.03 Å². The second-order valence-corrected chi connectivity index (χ2v) is 5.43. The van der Waals surface area contributed by atoms with E-state index in [4.69, 9.17) is 14.2 Å². The molecule has 2 N–H and O–H groups in total. The van der Waals surface area contributed by atoms with Crippen molar-refractivity contribution in [2.24, 2.45) is 0 Å². The summed E-state index contributed by atoms with van der Waals surface area (Å²) in [5.41, 5.74) is 0. The Kier molecular flexibility index (Phi) is 8.20. The number of hydrogen-bond donors (Lipinski definition) is 2. The zero-order valence-electron chi connectivity index (χ0n) is 14.3. The second kappa shape index (κ2) is 10.7. The molecule has 1 aliphatic heterocycles. The van der Waals surface area contributed by atoms with Crippen molar-refractivity contribution in [3.63, 3.8) is 0 Å². The Morgan fingerprint density at radius 1 is 1.12 bits per heavy atom. The van der Waals surface area contributed by atoms with Gasteiger partial charge >= 0.3 is 6.03 Å². The van der Waals surface area contributed by atoms with Crippen LogP contribution >= 0.6 is 0 Å². The molecule has 134 valence electrons. The first kappa shape index (κ1) is 18.4. The van der Waals surface area contributed by atoms with Gasteiger partial charge in [-0.25, -0.2) is 4.79 Å². The molecule has 1 aromatic carbocycles. The molecule has 24 heavy (non-hydrogen) atoms. The summed E-state index contributed by atoms with van der Waals surface area (Å²) in [4.78, 5) is 14.0. The summed E-state index contributed by atoms with van der Waals surface area (Å²) in [6.45, 7) is 7.88. The highest BCUT2D eigenvalue weighted by molar-refractivity contribution is 5.73. The quantitative estimate of drug-likeness (QED) is 0.527. The van der Waals surface area contributed by atoms with E-state index < -0.39 is 0 Å². The lowest BCUT2D eigenvalue weighted by molar-refractivity contribution is 0.0375. The molecular formula is C17H27N3O4. The molecule has 0 aromatic heterocycles. The number of ether oxygens (including phenoxy) is 3. The van der Waals surface area contributed by atoms with Gasteiger partial charge in [0.1, 0.15) is 11.5 Å². The number of nitrogens with zero attached hydrogens (tertiary/aromatic N) is 1. The third-order valence-electron chi connectivity index (χ3n) is 3.65.